The van der Waals surface area contributed by atoms with Gasteiger partial charge in [0, 0.05) is 17.0 Å². The van der Waals surface area contributed by atoms with Crippen LogP contribution >= 0.6 is 0 Å². The number of aliphatic hydroxyl groups excluding tert-OH is 1. The summed E-state index contributed by atoms with van der Waals surface area (Å²) in [5.41, 5.74) is 2.74. The highest BCUT2D eigenvalue weighted by Gasteiger charge is 2.47. The Hall–Kier alpha value is -4.08. The van der Waals surface area contributed by atoms with Crippen molar-refractivity contribution in [1.29, 1.82) is 0 Å². The molecule has 2 aromatic carbocycles. The van der Waals surface area contributed by atoms with Gasteiger partial charge in [-0.25, -0.2) is 0 Å². The largest absolute Gasteiger partial charge is 0.513 e. The lowest BCUT2D eigenvalue weighted by molar-refractivity contribution is -0.152. The molecule has 2 heterocycles. The number of carbonyl (C=O) groups excluding carboxylic acids is 2. The van der Waals surface area contributed by atoms with Gasteiger partial charge in [-0.1, -0.05) is 0 Å². The van der Waals surface area contributed by atoms with Gasteiger partial charge in [-0.15, -0.1) is 0 Å². The number of ether oxygens (including phenoxy) is 7. The number of aliphatic hydroxyl groups is 1. The van der Waals surface area contributed by atoms with Crippen LogP contribution in [0.1, 0.15) is 30.6 Å². The van der Waals surface area contributed by atoms with Crippen LogP contribution in [-0.2, 0) is 25.5 Å². The van der Waals surface area contributed by atoms with Crippen LogP contribution in [0.4, 0.5) is 0 Å². The Morgan fingerprint density at radius 3 is 2.46 bits per heavy atom. The van der Waals surface area contributed by atoms with Crippen LogP contribution in [0.25, 0.3) is 11.1 Å². The van der Waals surface area contributed by atoms with Crippen molar-refractivity contribution in [3.05, 3.63) is 41.2 Å². The molecular weight excluding hydrogens is 484 g/mol. The predicted octanol–water partition coefficient (Wildman–Crippen LogP) is 3.89. The van der Waals surface area contributed by atoms with Crippen LogP contribution in [0, 0.1) is 11.8 Å². The van der Waals surface area contributed by atoms with E-state index in [2.05, 4.69) is 0 Å². The molecule has 196 valence electrons. The smallest absolute Gasteiger partial charge is 0.310 e. The molecule has 10 heteroatoms. The van der Waals surface area contributed by atoms with Crippen LogP contribution in [0.5, 0.6) is 28.7 Å². The first-order valence-electron chi connectivity index (χ1n) is 11.8. The Morgan fingerprint density at radius 2 is 1.78 bits per heavy atom. The molecule has 0 spiro atoms. The lowest BCUT2D eigenvalue weighted by atomic mass is 9.76. The molecule has 0 bridgehead atoms. The first-order chi connectivity index (χ1) is 17.9. The first kappa shape index (κ1) is 24.6. The molecule has 37 heavy (non-hydrogen) atoms. The highest BCUT2D eigenvalue weighted by molar-refractivity contribution is 5.86. The summed E-state index contributed by atoms with van der Waals surface area (Å²) in [4.78, 5) is 25.8. The second kappa shape index (κ2) is 9.76. The molecule has 0 aromatic heterocycles. The maximum absolute atomic E-state index is 12.9. The van der Waals surface area contributed by atoms with Crippen molar-refractivity contribution >= 4 is 11.9 Å². The highest BCUT2D eigenvalue weighted by Crippen LogP contribution is 2.55. The highest BCUT2D eigenvalue weighted by atomic mass is 16.7. The van der Waals surface area contributed by atoms with Gasteiger partial charge in [0.2, 0.25) is 12.5 Å². The van der Waals surface area contributed by atoms with E-state index < -0.39 is 23.9 Å². The third-order valence-electron chi connectivity index (χ3n) is 6.92. The summed E-state index contributed by atoms with van der Waals surface area (Å²) in [6, 6.07) is 5.42. The normalized spacial score (nSPS) is 21.6. The van der Waals surface area contributed by atoms with E-state index in [9.17, 15) is 14.7 Å². The molecular formula is C27H28O10. The van der Waals surface area contributed by atoms with E-state index in [0.29, 0.717) is 51.9 Å². The molecule has 2 aromatic rings. The second-order valence-corrected chi connectivity index (χ2v) is 9.04. The average molecular weight is 513 g/mol. The Bertz CT molecular complexity index is 1280. The fraction of sp³-hybridized carbons (Fsp3) is 0.407. The van der Waals surface area contributed by atoms with Crippen molar-refractivity contribution in [2.45, 2.75) is 25.9 Å². The Morgan fingerprint density at radius 1 is 1.05 bits per heavy atom. The zero-order valence-corrected chi connectivity index (χ0v) is 21.0. The molecule has 0 radical (unpaired) electrons. The SMILES string of the molecule is COc1cc2c(c(OC)c1OC)-c1cc3c(cc1[C@@H](OC(=O)CC=C(C)O)[C@H]1COC(=O)[C@@H]1C2)OCO3. The van der Waals surface area contributed by atoms with Gasteiger partial charge in [0.1, 0.15) is 6.10 Å². The number of rotatable bonds is 6. The van der Waals surface area contributed by atoms with Crippen LogP contribution in [0.3, 0.4) is 0 Å². The summed E-state index contributed by atoms with van der Waals surface area (Å²) >= 11 is 0. The monoisotopic (exact) mass is 512 g/mol. The number of allylic oxidation sites excluding steroid dienone is 1. The molecule has 1 aliphatic carbocycles. The molecule has 0 amide bonds. The quantitative estimate of drug-likeness (QED) is 0.451. The number of hydrogen-bond donors (Lipinski definition) is 1. The minimum absolute atomic E-state index is 0.00958. The second-order valence-electron chi connectivity index (χ2n) is 9.04. The van der Waals surface area contributed by atoms with Gasteiger partial charge in [0.25, 0.3) is 0 Å². The summed E-state index contributed by atoms with van der Waals surface area (Å²) in [7, 11) is 4.57. The van der Waals surface area contributed by atoms with Crippen molar-refractivity contribution in [3.8, 4) is 39.9 Å². The summed E-state index contributed by atoms with van der Waals surface area (Å²) in [6.07, 6.45) is 0.699. The number of carbonyl (C=O) groups is 2. The van der Waals surface area contributed by atoms with Crippen molar-refractivity contribution in [3.63, 3.8) is 0 Å². The zero-order chi connectivity index (χ0) is 26.3. The number of cyclic esters (lactones) is 1. The molecule has 0 unspecified atom stereocenters. The average Bonchev–Trinajstić information content (AvgIpc) is 3.49. The Labute approximate surface area is 213 Å². The van der Waals surface area contributed by atoms with E-state index in [-0.39, 0.29) is 31.5 Å². The van der Waals surface area contributed by atoms with Gasteiger partial charge >= 0.3 is 11.9 Å². The van der Waals surface area contributed by atoms with Gasteiger partial charge in [0.15, 0.2) is 23.0 Å². The molecule has 0 saturated carbocycles. The number of esters is 2. The van der Waals surface area contributed by atoms with Crippen LogP contribution < -0.4 is 23.7 Å². The summed E-state index contributed by atoms with van der Waals surface area (Å²) in [6.45, 7) is 1.61. The standard InChI is InChI=1S/C27H28O10/c1-13(28)5-6-22(29)37-24-16-10-20-19(35-12-36-20)9-15(16)23-14(7-17-18(24)11-34-27(17)30)8-21(31-2)25(32-3)26(23)33-4/h5,8-10,17-18,24,28H,6-7,11-12H2,1-4H3/t17-,18+,24-/m1/s1. The van der Waals surface area contributed by atoms with E-state index in [1.165, 1.54) is 34.3 Å². The summed E-state index contributed by atoms with van der Waals surface area (Å²) in [5, 5.41) is 9.52. The zero-order valence-electron chi connectivity index (χ0n) is 21.0. The summed E-state index contributed by atoms with van der Waals surface area (Å²) in [5.74, 6) is 0.307. The van der Waals surface area contributed by atoms with E-state index in [4.69, 9.17) is 33.2 Å². The van der Waals surface area contributed by atoms with Gasteiger partial charge < -0.3 is 38.3 Å². The van der Waals surface area contributed by atoms with Gasteiger partial charge in [0.05, 0.1) is 46.0 Å². The van der Waals surface area contributed by atoms with Crippen molar-refractivity contribution in [2.24, 2.45) is 11.8 Å². The number of benzene rings is 2. The van der Waals surface area contributed by atoms with Crippen LogP contribution in [0.2, 0.25) is 0 Å². The van der Waals surface area contributed by atoms with Gasteiger partial charge in [-0.05, 0) is 48.7 Å². The van der Waals surface area contributed by atoms with E-state index >= 15 is 0 Å². The molecule has 1 fully saturated rings. The molecule has 1 saturated heterocycles. The van der Waals surface area contributed by atoms with Crippen molar-refractivity contribution < 1.29 is 47.9 Å². The third-order valence-corrected chi connectivity index (χ3v) is 6.92. The molecule has 5 rings (SSSR count). The van der Waals surface area contributed by atoms with E-state index in [1.54, 1.807) is 6.07 Å². The molecule has 1 N–H and O–H groups in total. The van der Waals surface area contributed by atoms with Crippen LogP contribution in [0.15, 0.2) is 30.0 Å². The minimum Gasteiger partial charge on any atom is -0.513 e. The van der Waals surface area contributed by atoms with Crippen LogP contribution in [-0.4, -0.2) is 51.8 Å². The molecule has 3 atom stereocenters. The van der Waals surface area contributed by atoms with Gasteiger partial charge in [-0.2, -0.15) is 0 Å². The lowest BCUT2D eigenvalue weighted by Gasteiger charge is -2.32. The minimum atomic E-state index is -0.841. The maximum atomic E-state index is 12.9. The topological polar surface area (TPSA) is 119 Å². The molecule has 3 aliphatic rings. The van der Waals surface area contributed by atoms with Crippen molar-refractivity contribution in [2.75, 3.05) is 34.7 Å². The molecule has 10 nitrogen and oxygen atoms in total. The predicted molar refractivity (Wildman–Crippen MR) is 129 cm³/mol. The van der Waals surface area contributed by atoms with E-state index in [0.717, 1.165) is 5.56 Å². The number of methoxy groups -OCH3 is 3. The van der Waals surface area contributed by atoms with Crippen molar-refractivity contribution in [1.82, 2.24) is 0 Å². The van der Waals surface area contributed by atoms with E-state index in [1.807, 2.05) is 12.1 Å². The molecule has 2 aliphatic heterocycles. The lowest BCUT2D eigenvalue weighted by Crippen LogP contribution is -2.30. The third kappa shape index (κ3) is 4.26. The Balaban J connectivity index is 1.77. The summed E-state index contributed by atoms with van der Waals surface area (Å²) < 4.78 is 39.8. The Kier molecular flexibility index (Phi) is 6.49. The number of fused-ring (bicyclic) bond motifs is 5. The maximum Gasteiger partial charge on any atom is 0.310 e. The first-order valence-corrected chi connectivity index (χ1v) is 11.8. The fourth-order valence-corrected chi connectivity index (χ4v) is 5.22. The van der Waals surface area contributed by atoms with Gasteiger partial charge in [-0.3, -0.25) is 9.59 Å². The fourth-order valence-electron chi connectivity index (χ4n) is 5.22. The number of hydrogen-bond acceptors (Lipinski definition) is 10.